The molecule has 0 saturated carbocycles. The Bertz CT molecular complexity index is 340. The van der Waals surface area contributed by atoms with Gasteiger partial charge in [-0.3, -0.25) is 4.79 Å². The number of nitrogens with one attached hydrogen (secondary N) is 1. The smallest absolute Gasteiger partial charge is 0.218 e. The summed E-state index contributed by atoms with van der Waals surface area (Å²) in [5.41, 5.74) is 7.37. The first-order valence-corrected chi connectivity index (χ1v) is 5.28. The van der Waals surface area contributed by atoms with Crippen LogP contribution < -0.4 is 11.1 Å². The minimum absolute atomic E-state index is 0.277. The molecule has 0 saturated heterocycles. The first kappa shape index (κ1) is 12.7. The van der Waals surface area contributed by atoms with Crippen LogP contribution in [0.2, 0.25) is 0 Å². The lowest BCUT2D eigenvalue weighted by atomic mass is 10.1. The Balaban J connectivity index is 2.35. The van der Waals surface area contributed by atoms with E-state index in [4.69, 9.17) is 10.5 Å². The van der Waals surface area contributed by atoms with Crippen molar-refractivity contribution >= 4 is 5.91 Å². The Morgan fingerprint density at radius 2 is 2.19 bits per heavy atom. The molecule has 16 heavy (non-hydrogen) atoms. The van der Waals surface area contributed by atoms with Crippen LogP contribution in [0, 0.1) is 0 Å². The summed E-state index contributed by atoms with van der Waals surface area (Å²) in [4.78, 5) is 10.5. The minimum atomic E-state index is -0.277. The van der Waals surface area contributed by atoms with Gasteiger partial charge < -0.3 is 15.8 Å². The van der Waals surface area contributed by atoms with Crippen molar-refractivity contribution < 1.29 is 9.53 Å². The van der Waals surface area contributed by atoms with Gasteiger partial charge in [0, 0.05) is 26.6 Å². The number of methoxy groups -OCH3 is 1. The maximum atomic E-state index is 10.5. The monoisotopic (exact) mass is 222 g/mol. The highest BCUT2D eigenvalue weighted by Crippen LogP contribution is 2.05. The van der Waals surface area contributed by atoms with Crippen LogP contribution in [0.25, 0.3) is 0 Å². The average Bonchev–Trinajstić information content (AvgIpc) is 2.25. The van der Waals surface area contributed by atoms with Crippen LogP contribution in [0.3, 0.4) is 0 Å². The zero-order valence-corrected chi connectivity index (χ0v) is 9.53. The van der Waals surface area contributed by atoms with Crippen LogP contribution in [0.1, 0.15) is 17.5 Å². The van der Waals surface area contributed by atoms with Crippen molar-refractivity contribution in [1.82, 2.24) is 5.32 Å². The number of hydrogen-bond acceptors (Lipinski definition) is 3. The number of ether oxygens (including phenoxy) is 1. The molecule has 1 aromatic rings. The Hall–Kier alpha value is -1.39. The molecular formula is C12H18N2O2. The number of carbonyl (C=O) groups excluding carboxylic acids is 1. The summed E-state index contributed by atoms with van der Waals surface area (Å²) < 4.78 is 5.06. The normalized spacial score (nSPS) is 10.3. The molecule has 0 aliphatic carbocycles. The highest BCUT2D eigenvalue weighted by molar-refractivity contribution is 5.73. The third-order valence-corrected chi connectivity index (χ3v) is 2.18. The maximum Gasteiger partial charge on any atom is 0.218 e. The summed E-state index contributed by atoms with van der Waals surface area (Å²) in [6, 6.07) is 8.15. The number of nitrogens with two attached hydrogens (primary N) is 1. The molecule has 0 fully saturated rings. The molecule has 1 amide bonds. The molecule has 4 heteroatoms. The van der Waals surface area contributed by atoms with E-state index in [1.165, 1.54) is 5.56 Å². The number of amides is 1. The van der Waals surface area contributed by atoms with Gasteiger partial charge in [0.15, 0.2) is 0 Å². The Morgan fingerprint density at radius 1 is 1.44 bits per heavy atom. The summed E-state index contributed by atoms with van der Waals surface area (Å²) in [6.45, 7) is 1.98. The Kier molecular flexibility index (Phi) is 5.53. The van der Waals surface area contributed by atoms with Crippen molar-refractivity contribution in [3.63, 3.8) is 0 Å². The van der Waals surface area contributed by atoms with Crippen molar-refractivity contribution in [2.24, 2.45) is 5.73 Å². The van der Waals surface area contributed by atoms with Crippen molar-refractivity contribution in [3.8, 4) is 0 Å². The van der Waals surface area contributed by atoms with Gasteiger partial charge in [0.2, 0.25) is 5.91 Å². The third kappa shape index (κ3) is 4.91. The zero-order chi connectivity index (χ0) is 11.8. The van der Waals surface area contributed by atoms with E-state index in [9.17, 15) is 4.79 Å². The molecule has 0 heterocycles. The van der Waals surface area contributed by atoms with Crippen LogP contribution in [-0.4, -0.2) is 19.6 Å². The van der Waals surface area contributed by atoms with Gasteiger partial charge in [-0.25, -0.2) is 0 Å². The number of rotatable bonds is 7. The number of hydrogen-bond donors (Lipinski definition) is 2. The second-order valence-corrected chi connectivity index (χ2v) is 3.65. The molecule has 0 unspecified atom stereocenters. The topological polar surface area (TPSA) is 64.3 Å². The molecule has 0 spiro atoms. The summed E-state index contributed by atoms with van der Waals surface area (Å²) >= 11 is 0. The van der Waals surface area contributed by atoms with E-state index in [0.717, 1.165) is 12.1 Å². The minimum Gasteiger partial charge on any atom is -0.380 e. The van der Waals surface area contributed by atoms with E-state index in [1.807, 2.05) is 18.2 Å². The molecular weight excluding hydrogens is 204 g/mol. The molecule has 1 aromatic carbocycles. The molecule has 0 aliphatic heterocycles. The predicted octanol–water partition coefficient (Wildman–Crippen LogP) is 0.798. The summed E-state index contributed by atoms with van der Waals surface area (Å²) in [5.74, 6) is -0.277. The number of primary amides is 1. The lowest BCUT2D eigenvalue weighted by Crippen LogP contribution is -2.21. The first-order chi connectivity index (χ1) is 7.72. The standard InChI is InChI=1S/C12H18N2O2/c1-16-9-11-4-2-3-10(7-11)8-14-6-5-12(13)15/h2-4,7,14H,5-6,8-9H2,1H3,(H2,13,15). The van der Waals surface area contributed by atoms with Gasteiger partial charge in [0.05, 0.1) is 6.61 Å². The second kappa shape index (κ2) is 6.98. The van der Waals surface area contributed by atoms with Gasteiger partial charge in [-0.05, 0) is 11.1 Å². The molecule has 0 aliphatic rings. The Morgan fingerprint density at radius 3 is 2.88 bits per heavy atom. The van der Waals surface area contributed by atoms with E-state index in [2.05, 4.69) is 11.4 Å². The maximum absolute atomic E-state index is 10.5. The molecule has 0 bridgehead atoms. The summed E-state index contributed by atoms with van der Waals surface area (Å²) in [7, 11) is 1.68. The average molecular weight is 222 g/mol. The Labute approximate surface area is 95.8 Å². The fraction of sp³-hybridized carbons (Fsp3) is 0.417. The first-order valence-electron chi connectivity index (χ1n) is 5.28. The van der Waals surface area contributed by atoms with E-state index < -0.39 is 0 Å². The highest BCUT2D eigenvalue weighted by atomic mass is 16.5. The lowest BCUT2D eigenvalue weighted by Gasteiger charge is -2.05. The lowest BCUT2D eigenvalue weighted by molar-refractivity contribution is -0.117. The van der Waals surface area contributed by atoms with Gasteiger partial charge in [-0.15, -0.1) is 0 Å². The third-order valence-electron chi connectivity index (χ3n) is 2.18. The van der Waals surface area contributed by atoms with Crippen molar-refractivity contribution in [2.45, 2.75) is 19.6 Å². The van der Waals surface area contributed by atoms with Crippen LogP contribution in [0.5, 0.6) is 0 Å². The summed E-state index contributed by atoms with van der Waals surface area (Å²) in [6.07, 6.45) is 0.373. The zero-order valence-electron chi connectivity index (χ0n) is 9.53. The molecule has 88 valence electrons. The molecule has 0 radical (unpaired) electrons. The molecule has 0 atom stereocenters. The van der Waals surface area contributed by atoms with Gasteiger partial charge in [0.25, 0.3) is 0 Å². The van der Waals surface area contributed by atoms with Crippen molar-refractivity contribution in [3.05, 3.63) is 35.4 Å². The van der Waals surface area contributed by atoms with E-state index in [1.54, 1.807) is 7.11 Å². The van der Waals surface area contributed by atoms with Gasteiger partial charge >= 0.3 is 0 Å². The molecule has 1 rings (SSSR count). The predicted molar refractivity (Wildman–Crippen MR) is 62.7 cm³/mol. The molecule has 0 aromatic heterocycles. The van der Waals surface area contributed by atoms with Gasteiger partial charge in [0.1, 0.15) is 0 Å². The fourth-order valence-electron chi connectivity index (χ4n) is 1.44. The SMILES string of the molecule is COCc1cccc(CNCCC(N)=O)c1. The van der Waals surface area contributed by atoms with E-state index >= 15 is 0 Å². The number of carbonyl (C=O) groups is 1. The second-order valence-electron chi connectivity index (χ2n) is 3.65. The number of benzene rings is 1. The van der Waals surface area contributed by atoms with Crippen molar-refractivity contribution in [2.75, 3.05) is 13.7 Å². The summed E-state index contributed by atoms with van der Waals surface area (Å²) in [5, 5.41) is 3.16. The van der Waals surface area contributed by atoms with Crippen LogP contribution in [0.15, 0.2) is 24.3 Å². The van der Waals surface area contributed by atoms with E-state index in [0.29, 0.717) is 19.6 Å². The quantitative estimate of drug-likeness (QED) is 0.671. The van der Waals surface area contributed by atoms with Crippen LogP contribution in [-0.2, 0) is 22.7 Å². The van der Waals surface area contributed by atoms with Gasteiger partial charge in [-0.1, -0.05) is 24.3 Å². The highest BCUT2D eigenvalue weighted by Gasteiger charge is 1.97. The largest absolute Gasteiger partial charge is 0.380 e. The van der Waals surface area contributed by atoms with E-state index in [-0.39, 0.29) is 5.91 Å². The fourth-order valence-corrected chi connectivity index (χ4v) is 1.44. The molecule has 4 nitrogen and oxygen atoms in total. The van der Waals surface area contributed by atoms with Crippen molar-refractivity contribution in [1.29, 1.82) is 0 Å². The van der Waals surface area contributed by atoms with Gasteiger partial charge in [-0.2, -0.15) is 0 Å². The molecule has 3 N–H and O–H groups in total. The van der Waals surface area contributed by atoms with Crippen LogP contribution in [0.4, 0.5) is 0 Å². The van der Waals surface area contributed by atoms with Crippen LogP contribution >= 0.6 is 0 Å².